The van der Waals surface area contributed by atoms with Crippen molar-refractivity contribution < 1.29 is 9.90 Å². The van der Waals surface area contributed by atoms with Gasteiger partial charge in [0.2, 0.25) is 5.78 Å². The van der Waals surface area contributed by atoms with Crippen LogP contribution in [0.3, 0.4) is 0 Å². The van der Waals surface area contributed by atoms with Crippen LogP contribution in [0.25, 0.3) is 0 Å². The topological polar surface area (TPSA) is 79.5 Å². The third-order valence-electron chi connectivity index (χ3n) is 4.11. The molecule has 2 heterocycles. The van der Waals surface area contributed by atoms with Gasteiger partial charge in [0.1, 0.15) is 11.4 Å². The number of hydrogen-bond donors (Lipinski definition) is 2. The van der Waals surface area contributed by atoms with Crippen molar-refractivity contribution in [1.29, 1.82) is 0 Å². The molecule has 2 N–H and O–H groups in total. The Hall–Kier alpha value is -2.31. The van der Waals surface area contributed by atoms with Crippen LogP contribution in [0, 0.1) is 0 Å². The van der Waals surface area contributed by atoms with Gasteiger partial charge < -0.3 is 15.0 Å². The summed E-state index contributed by atoms with van der Waals surface area (Å²) in [6.07, 6.45) is 4.29. The first-order valence-electron chi connectivity index (χ1n) is 7.60. The predicted octanol–water partition coefficient (Wildman–Crippen LogP) is 2.15. The van der Waals surface area contributed by atoms with Gasteiger partial charge in [0, 0.05) is 13.1 Å². The molecule has 0 saturated heterocycles. The summed E-state index contributed by atoms with van der Waals surface area (Å²) in [7, 11) is 0. The van der Waals surface area contributed by atoms with Crippen molar-refractivity contribution in [1.82, 2.24) is 14.9 Å². The van der Waals surface area contributed by atoms with Crippen molar-refractivity contribution in [3.63, 3.8) is 0 Å². The summed E-state index contributed by atoms with van der Waals surface area (Å²) in [6, 6.07) is 7.07. The molecular weight excluding hydrogens is 363 g/mol. The van der Waals surface area contributed by atoms with E-state index in [-0.39, 0.29) is 36.3 Å². The van der Waals surface area contributed by atoms with Crippen molar-refractivity contribution >= 4 is 36.3 Å². The van der Waals surface area contributed by atoms with Gasteiger partial charge in [-0.3, -0.25) is 9.79 Å². The summed E-state index contributed by atoms with van der Waals surface area (Å²) in [5, 5.41) is 12.5. The number of rotatable bonds is 4. The maximum absolute atomic E-state index is 12.5. The van der Waals surface area contributed by atoms with E-state index in [1.807, 2.05) is 22.8 Å². The molecule has 0 amide bonds. The van der Waals surface area contributed by atoms with Crippen molar-refractivity contribution in [3.8, 4) is 5.75 Å². The number of aliphatic imine (C=N–C) groups is 1. The average molecular weight is 381 g/mol. The SMILES string of the molecule is Cl.Cl.O=C1C(NCCc2ccc(O)cc2)=CC2=NCCn3cnc1c32. The van der Waals surface area contributed by atoms with Gasteiger partial charge in [-0.1, -0.05) is 12.1 Å². The molecule has 4 rings (SSSR count). The Balaban J connectivity index is 0.00000113. The maximum Gasteiger partial charge on any atom is 0.229 e. The summed E-state index contributed by atoms with van der Waals surface area (Å²) >= 11 is 0. The van der Waals surface area contributed by atoms with E-state index in [4.69, 9.17) is 0 Å². The average Bonchev–Trinajstić information content (AvgIpc) is 3.00. The van der Waals surface area contributed by atoms with Gasteiger partial charge in [-0.25, -0.2) is 4.98 Å². The second-order valence-electron chi connectivity index (χ2n) is 5.63. The van der Waals surface area contributed by atoms with Crippen LogP contribution < -0.4 is 5.32 Å². The molecule has 1 aromatic carbocycles. The van der Waals surface area contributed by atoms with Crippen LogP contribution in [0.1, 0.15) is 21.7 Å². The minimum absolute atomic E-state index is 0. The molecule has 0 bridgehead atoms. The van der Waals surface area contributed by atoms with Crippen LogP contribution in [0.2, 0.25) is 0 Å². The van der Waals surface area contributed by atoms with Gasteiger partial charge in [0.15, 0.2) is 0 Å². The highest BCUT2D eigenvalue weighted by molar-refractivity contribution is 6.24. The van der Waals surface area contributed by atoms with Crippen LogP contribution >= 0.6 is 24.8 Å². The highest BCUT2D eigenvalue weighted by atomic mass is 35.5. The van der Waals surface area contributed by atoms with E-state index < -0.39 is 0 Å². The normalized spacial score (nSPS) is 14.5. The summed E-state index contributed by atoms with van der Waals surface area (Å²) in [5.74, 6) is 0.176. The zero-order valence-corrected chi connectivity index (χ0v) is 14.9. The molecule has 0 saturated carbocycles. The molecule has 0 spiro atoms. The number of benzene rings is 1. The quantitative estimate of drug-likeness (QED) is 0.851. The third-order valence-corrected chi connectivity index (χ3v) is 4.11. The second kappa shape index (κ2) is 7.72. The fourth-order valence-corrected chi connectivity index (χ4v) is 2.92. The van der Waals surface area contributed by atoms with Gasteiger partial charge in [-0.05, 0) is 30.2 Å². The zero-order valence-electron chi connectivity index (χ0n) is 13.3. The molecule has 0 unspecified atom stereocenters. The van der Waals surface area contributed by atoms with Gasteiger partial charge in [0.25, 0.3) is 0 Å². The van der Waals surface area contributed by atoms with Gasteiger partial charge in [-0.2, -0.15) is 0 Å². The number of allylic oxidation sites excluding steroid dienone is 2. The largest absolute Gasteiger partial charge is 0.508 e. The van der Waals surface area contributed by atoms with Gasteiger partial charge >= 0.3 is 0 Å². The van der Waals surface area contributed by atoms with E-state index >= 15 is 0 Å². The van der Waals surface area contributed by atoms with E-state index in [9.17, 15) is 9.90 Å². The molecule has 0 atom stereocenters. The van der Waals surface area contributed by atoms with Crippen molar-refractivity contribution in [2.24, 2.45) is 4.99 Å². The molecule has 132 valence electrons. The van der Waals surface area contributed by atoms with Crippen LogP contribution in [0.5, 0.6) is 5.75 Å². The Bertz CT molecular complexity index is 841. The Labute approximate surface area is 157 Å². The lowest BCUT2D eigenvalue weighted by Gasteiger charge is -2.20. The number of phenolic OH excluding ortho intramolecular Hbond substituents is 1. The summed E-state index contributed by atoms with van der Waals surface area (Å²) in [6.45, 7) is 2.12. The molecule has 8 heteroatoms. The van der Waals surface area contributed by atoms with E-state index in [1.54, 1.807) is 18.5 Å². The molecule has 2 aromatic rings. The maximum atomic E-state index is 12.5. The Kier molecular flexibility index (Phi) is 5.87. The lowest BCUT2D eigenvalue weighted by atomic mass is 10.0. The van der Waals surface area contributed by atoms with E-state index in [1.165, 1.54) is 0 Å². The number of carbonyl (C=O) groups is 1. The van der Waals surface area contributed by atoms with Gasteiger partial charge in [0.05, 0.1) is 30.0 Å². The lowest BCUT2D eigenvalue weighted by Crippen LogP contribution is -2.31. The highest BCUT2D eigenvalue weighted by Crippen LogP contribution is 2.22. The monoisotopic (exact) mass is 380 g/mol. The van der Waals surface area contributed by atoms with Crippen molar-refractivity contribution in [2.45, 2.75) is 13.0 Å². The molecule has 1 aliphatic heterocycles. The molecular formula is C17H18Cl2N4O2. The number of Topliss-reactive ketones (excluding diaryl/α,β-unsaturated/α-hetero) is 1. The Morgan fingerprint density at radius 1 is 1.20 bits per heavy atom. The van der Waals surface area contributed by atoms with Crippen molar-refractivity contribution in [2.75, 3.05) is 13.1 Å². The number of hydrogen-bond acceptors (Lipinski definition) is 5. The fraction of sp³-hybridized carbons (Fsp3) is 0.235. The predicted molar refractivity (Wildman–Crippen MR) is 100 cm³/mol. The first-order valence-corrected chi connectivity index (χ1v) is 7.60. The third kappa shape index (κ3) is 3.55. The smallest absolute Gasteiger partial charge is 0.229 e. The standard InChI is InChI=1S/C17H16N4O2.2ClH/c22-12-3-1-11(2-4-12)5-6-18-14-9-13-16-15(17(14)23)20-10-21(16)8-7-19-13;;/h1-4,9-10,18,22H,5-8H2;2*1H. The number of aromatic nitrogens is 2. The zero-order chi connectivity index (χ0) is 15.8. The Morgan fingerprint density at radius 3 is 2.72 bits per heavy atom. The van der Waals surface area contributed by atoms with Crippen molar-refractivity contribution in [3.05, 3.63) is 59.3 Å². The molecule has 2 aliphatic rings. The molecule has 6 nitrogen and oxygen atoms in total. The first-order chi connectivity index (χ1) is 11.2. The number of aromatic hydroxyl groups is 1. The van der Waals surface area contributed by atoms with Crippen LogP contribution in [-0.4, -0.2) is 39.2 Å². The number of nitrogens with zero attached hydrogens (tertiary/aromatic N) is 3. The minimum atomic E-state index is -0.0784. The lowest BCUT2D eigenvalue weighted by molar-refractivity contribution is 0.102. The molecule has 0 fully saturated rings. The fourth-order valence-electron chi connectivity index (χ4n) is 2.92. The molecule has 0 radical (unpaired) electrons. The summed E-state index contributed by atoms with van der Waals surface area (Å²) in [5.41, 5.74) is 3.79. The minimum Gasteiger partial charge on any atom is -0.508 e. The first kappa shape index (κ1) is 19.0. The number of phenols is 1. The molecule has 25 heavy (non-hydrogen) atoms. The van der Waals surface area contributed by atoms with E-state index in [0.29, 0.717) is 24.5 Å². The summed E-state index contributed by atoms with van der Waals surface area (Å²) in [4.78, 5) is 21.3. The number of nitrogens with one attached hydrogen (secondary N) is 1. The van der Waals surface area contributed by atoms with E-state index in [2.05, 4.69) is 15.3 Å². The number of halogens is 2. The Morgan fingerprint density at radius 2 is 1.96 bits per heavy atom. The van der Waals surface area contributed by atoms with E-state index in [0.717, 1.165) is 29.9 Å². The number of ketones is 1. The summed E-state index contributed by atoms with van der Waals surface area (Å²) < 4.78 is 1.99. The molecule has 1 aliphatic carbocycles. The van der Waals surface area contributed by atoms with Crippen LogP contribution in [0.15, 0.2) is 47.4 Å². The number of carbonyl (C=O) groups excluding carboxylic acids is 1. The number of imidazole rings is 1. The molecule has 1 aromatic heterocycles. The van der Waals surface area contributed by atoms with Crippen LogP contribution in [-0.2, 0) is 13.0 Å². The van der Waals surface area contributed by atoms with Gasteiger partial charge in [-0.15, -0.1) is 24.8 Å². The van der Waals surface area contributed by atoms with Crippen LogP contribution in [0.4, 0.5) is 0 Å². The second-order valence-corrected chi connectivity index (χ2v) is 5.63. The highest BCUT2D eigenvalue weighted by Gasteiger charge is 2.30.